The predicted molar refractivity (Wildman–Crippen MR) is 103 cm³/mol. The number of benzene rings is 2. The molecular formula is C20H20FN5O2. The Kier molecular flexibility index (Phi) is 5.14. The third kappa shape index (κ3) is 3.92. The zero-order valence-corrected chi connectivity index (χ0v) is 15.0. The van der Waals surface area contributed by atoms with Gasteiger partial charge in [-0.1, -0.05) is 24.3 Å². The van der Waals surface area contributed by atoms with Gasteiger partial charge in [-0.05, 0) is 36.2 Å². The van der Waals surface area contributed by atoms with Crippen molar-refractivity contribution < 1.29 is 9.18 Å². The minimum Gasteiger partial charge on any atom is -0.354 e. The first-order chi connectivity index (χ1) is 13.6. The lowest BCUT2D eigenvalue weighted by Gasteiger charge is -2.11. The second-order valence-electron chi connectivity index (χ2n) is 6.75. The number of carbonyl (C=O) groups excluding carboxylic acids is 1. The Labute approximate surface area is 160 Å². The van der Waals surface area contributed by atoms with Crippen LogP contribution in [0.1, 0.15) is 23.9 Å². The van der Waals surface area contributed by atoms with Crippen molar-refractivity contribution in [2.75, 3.05) is 6.54 Å². The fraction of sp³-hybridized carbons (Fsp3) is 0.250. The second kappa shape index (κ2) is 7.87. The molecule has 1 aliphatic rings. The average molecular weight is 381 g/mol. The molecule has 0 aliphatic carbocycles. The molecule has 0 bridgehead atoms. The number of hydrogen-bond acceptors (Lipinski definition) is 5. The van der Waals surface area contributed by atoms with Crippen LogP contribution in [0, 0.1) is 5.82 Å². The molecule has 4 N–H and O–H groups in total. The van der Waals surface area contributed by atoms with E-state index >= 15 is 0 Å². The first kappa shape index (κ1) is 18.3. The zero-order valence-electron chi connectivity index (χ0n) is 15.0. The molecule has 7 nitrogen and oxygen atoms in total. The van der Waals surface area contributed by atoms with Gasteiger partial charge < -0.3 is 10.3 Å². The summed E-state index contributed by atoms with van der Waals surface area (Å²) in [4.78, 5) is 31.6. The van der Waals surface area contributed by atoms with Crippen molar-refractivity contribution in [2.24, 2.45) is 0 Å². The van der Waals surface area contributed by atoms with Crippen molar-refractivity contribution in [3.63, 3.8) is 0 Å². The Morgan fingerprint density at radius 1 is 1.14 bits per heavy atom. The molecule has 0 spiro atoms. The van der Waals surface area contributed by atoms with E-state index in [1.54, 1.807) is 30.3 Å². The minimum atomic E-state index is -0.390. The summed E-state index contributed by atoms with van der Waals surface area (Å²) >= 11 is 0. The highest BCUT2D eigenvalue weighted by molar-refractivity contribution is 5.82. The van der Waals surface area contributed by atoms with E-state index in [2.05, 4.69) is 26.1 Å². The van der Waals surface area contributed by atoms with Crippen LogP contribution in [0.3, 0.4) is 0 Å². The van der Waals surface area contributed by atoms with Gasteiger partial charge >= 0.3 is 0 Å². The number of aromatic nitrogens is 2. The van der Waals surface area contributed by atoms with Crippen LogP contribution in [0.2, 0.25) is 0 Å². The van der Waals surface area contributed by atoms with Crippen LogP contribution in [-0.4, -0.2) is 28.5 Å². The predicted octanol–water partition coefficient (Wildman–Crippen LogP) is 1.33. The van der Waals surface area contributed by atoms with Crippen molar-refractivity contribution in [1.29, 1.82) is 0 Å². The molecule has 28 heavy (non-hydrogen) atoms. The number of halogens is 1. The number of para-hydroxylation sites is 1. The maximum absolute atomic E-state index is 13.0. The molecule has 1 aromatic heterocycles. The lowest BCUT2D eigenvalue weighted by atomic mass is 10.0. The first-order valence-corrected chi connectivity index (χ1v) is 9.12. The number of nitrogens with one attached hydrogen (secondary N) is 4. The maximum atomic E-state index is 13.0. The summed E-state index contributed by atoms with van der Waals surface area (Å²) in [5, 5.41) is 3.40. The molecule has 1 saturated heterocycles. The maximum Gasteiger partial charge on any atom is 0.258 e. The number of H-pyrrole nitrogens is 1. The van der Waals surface area contributed by atoms with Gasteiger partial charge in [0.2, 0.25) is 5.91 Å². The third-order valence-corrected chi connectivity index (χ3v) is 4.82. The number of fused-ring (bicyclic) bond motifs is 1. The quantitative estimate of drug-likeness (QED) is 0.534. The molecule has 0 saturated carbocycles. The number of amides is 1. The van der Waals surface area contributed by atoms with Gasteiger partial charge in [0, 0.05) is 19.0 Å². The number of rotatable bonds is 5. The molecule has 1 fully saturated rings. The van der Waals surface area contributed by atoms with Crippen molar-refractivity contribution in [3.8, 4) is 0 Å². The highest BCUT2D eigenvalue weighted by Crippen LogP contribution is 2.22. The van der Waals surface area contributed by atoms with Crippen LogP contribution in [0.25, 0.3) is 10.9 Å². The van der Waals surface area contributed by atoms with E-state index in [9.17, 15) is 14.0 Å². The first-order valence-electron chi connectivity index (χ1n) is 9.12. The van der Waals surface area contributed by atoms with Crippen LogP contribution >= 0.6 is 0 Å². The monoisotopic (exact) mass is 381 g/mol. The van der Waals surface area contributed by atoms with Gasteiger partial charge in [0.1, 0.15) is 17.7 Å². The summed E-state index contributed by atoms with van der Waals surface area (Å²) in [6.45, 7) is 0.361. The van der Waals surface area contributed by atoms with Gasteiger partial charge in [-0.3, -0.25) is 9.59 Å². The Balaban J connectivity index is 1.31. The van der Waals surface area contributed by atoms with Crippen LogP contribution in [-0.2, 0) is 11.2 Å². The molecule has 2 heterocycles. The number of hydrogen-bond donors (Lipinski definition) is 4. The fourth-order valence-corrected chi connectivity index (χ4v) is 3.32. The van der Waals surface area contributed by atoms with Crippen molar-refractivity contribution in [3.05, 3.63) is 76.1 Å². The third-order valence-electron chi connectivity index (χ3n) is 4.82. The van der Waals surface area contributed by atoms with Crippen LogP contribution < -0.4 is 21.7 Å². The second-order valence-corrected chi connectivity index (χ2v) is 6.75. The normalized spacial score (nSPS) is 19.0. The Hall–Kier alpha value is -3.10. The van der Waals surface area contributed by atoms with E-state index in [0.29, 0.717) is 36.1 Å². The van der Waals surface area contributed by atoms with E-state index in [-0.39, 0.29) is 23.3 Å². The van der Waals surface area contributed by atoms with E-state index in [1.165, 1.54) is 12.1 Å². The minimum absolute atomic E-state index is 0.0603. The Bertz CT molecular complexity index is 1050. The van der Waals surface area contributed by atoms with Gasteiger partial charge in [0.05, 0.1) is 10.9 Å². The van der Waals surface area contributed by atoms with Gasteiger partial charge in [0.15, 0.2) is 0 Å². The fourth-order valence-electron chi connectivity index (χ4n) is 3.32. The lowest BCUT2D eigenvalue weighted by molar-refractivity contribution is -0.122. The van der Waals surface area contributed by atoms with E-state index in [0.717, 1.165) is 5.56 Å². The molecule has 4 rings (SSSR count). The van der Waals surface area contributed by atoms with Crippen LogP contribution in [0.15, 0.2) is 53.3 Å². The molecule has 2 atom stereocenters. The number of aromatic amines is 1. The molecule has 3 aromatic rings. The molecule has 2 unspecified atom stereocenters. The van der Waals surface area contributed by atoms with Gasteiger partial charge in [-0.2, -0.15) is 0 Å². The van der Waals surface area contributed by atoms with E-state index in [4.69, 9.17) is 0 Å². The summed E-state index contributed by atoms with van der Waals surface area (Å²) in [5.41, 5.74) is 7.41. The smallest absolute Gasteiger partial charge is 0.258 e. The Morgan fingerprint density at radius 3 is 2.75 bits per heavy atom. The molecular weight excluding hydrogens is 361 g/mol. The van der Waals surface area contributed by atoms with E-state index in [1.807, 2.05) is 6.07 Å². The average Bonchev–Trinajstić information content (AvgIpc) is 3.19. The summed E-state index contributed by atoms with van der Waals surface area (Å²) < 4.78 is 13.0. The largest absolute Gasteiger partial charge is 0.354 e. The Morgan fingerprint density at radius 2 is 1.93 bits per heavy atom. The van der Waals surface area contributed by atoms with Crippen LogP contribution in [0.4, 0.5) is 4.39 Å². The summed E-state index contributed by atoms with van der Waals surface area (Å²) in [6, 6.07) is 12.9. The topological polar surface area (TPSA) is 98.9 Å². The molecule has 0 radical (unpaired) electrons. The van der Waals surface area contributed by atoms with Crippen molar-refractivity contribution in [1.82, 2.24) is 26.1 Å². The summed E-state index contributed by atoms with van der Waals surface area (Å²) in [6.07, 6.45) is 0.982. The number of hydrazine groups is 1. The molecule has 8 heteroatoms. The molecule has 1 aliphatic heterocycles. The summed E-state index contributed by atoms with van der Waals surface area (Å²) in [7, 11) is 0. The standard InChI is InChI=1S/C20H20FN5O2/c21-13-7-5-12(6-8-13)16-11-17(26-25-16)20(28)22-10-9-18-23-15-4-2-1-3-14(15)19(27)24-18/h1-8,16-17,25-26H,9-11H2,(H,22,28)(H,23,24,27). The zero-order chi connectivity index (χ0) is 19.5. The highest BCUT2D eigenvalue weighted by Gasteiger charge is 2.29. The molecule has 2 aromatic carbocycles. The lowest BCUT2D eigenvalue weighted by Crippen LogP contribution is -2.43. The summed E-state index contributed by atoms with van der Waals surface area (Å²) in [5.74, 6) is 0.107. The van der Waals surface area contributed by atoms with Crippen molar-refractivity contribution >= 4 is 16.8 Å². The molecule has 1 amide bonds. The number of carbonyl (C=O) groups is 1. The SMILES string of the molecule is O=C(NCCc1nc2ccccc2c(=O)[nH]1)C1CC(c2ccc(F)cc2)NN1. The van der Waals surface area contributed by atoms with E-state index < -0.39 is 6.04 Å². The van der Waals surface area contributed by atoms with Gasteiger partial charge in [-0.25, -0.2) is 20.2 Å². The molecule has 144 valence electrons. The highest BCUT2D eigenvalue weighted by atomic mass is 19.1. The number of nitrogens with zero attached hydrogens (tertiary/aromatic N) is 1. The van der Waals surface area contributed by atoms with Gasteiger partial charge in [0.25, 0.3) is 5.56 Å². The van der Waals surface area contributed by atoms with Gasteiger partial charge in [-0.15, -0.1) is 0 Å². The van der Waals surface area contributed by atoms with Crippen molar-refractivity contribution in [2.45, 2.75) is 24.9 Å². The van der Waals surface area contributed by atoms with Crippen LogP contribution in [0.5, 0.6) is 0 Å².